The molecule has 3 aromatic rings. The van der Waals surface area contributed by atoms with Crippen LogP contribution in [0.1, 0.15) is 58.9 Å². The van der Waals surface area contributed by atoms with Gasteiger partial charge in [-0.15, -0.1) is 0 Å². The Labute approximate surface area is 202 Å². The Hall–Kier alpha value is -3.26. The number of pyridine rings is 1. The molecule has 8 heteroatoms. The van der Waals surface area contributed by atoms with E-state index < -0.39 is 17.9 Å². The minimum atomic E-state index is -4.50. The van der Waals surface area contributed by atoms with Crippen molar-refractivity contribution in [3.8, 4) is 0 Å². The molecule has 1 amide bonds. The lowest BCUT2D eigenvalue weighted by Gasteiger charge is -2.26. The number of hydrogen-bond donors (Lipinski definition) is 2. The summed E-state index contributed by atoms with van der Waals surface area (Å²) < 4.78 is 52.5. The van der Waals surface area contributed by atoms with Gasteiger partial charge in [0.15, 0.2) is 0 Å². The van der Waals surface area contributed by atoms with E-state index in [1.807, 2.05) is 31.2 Å². The Kier molecular flexibility index (Phi) is 8.62. The van der Waals surface area contributed by atoms with Gasteiger partial charge in [-0.05, 0) is 66.1 Å². The molecule has 2 unspecified atom stereocenters. The molecule has 0 aliphatic rings. The second kappa shape index (κ2) is 11.4. The second-order valence-corrected chi connectivity index (χ2v) is 8.46. The molecule has 2 N–H and O–H groups in total. The van der Waals surface area contributed by atoms with Gasteiger partial charge in [-0.3, -0.25) is 15.1 Å². The molecule has 4 nitrogen and oxygen atoms in total. The predicted molar refractivity (Wildman–Crippen MR) is 127 cm³/mol. The van der Waals surface area contributed by atoms with E-state index in [0.717, 1.165) is 29.2 Å². The van der Waals surface area contributed by atoms with E-state index in [1.165, 1.54) is 18.3 Å². The molecule has 0 saturated heterocycles. The minimum absolute atomic E-state index is 0.228. The maximum atomic E-state index is 13.9. The summed E-state index contributed by atoms with van der Waals surface area (Å²) in [5.41, 5.74) is 2.86. The first-order valence-corrected chi connectivity index (χ1v) is 11.5. The van der Waals surface area contributed by atoms with Crippen molar-refractivity contribution < 1.29 is 22.4 Å². The summed E-state index contributed by atoms with van der Waals surface area (Å²) in [5, 5.41) is 6.08. The number of nitrogens with one attached hydrogen (secondary N) is 2. The van der Waals surface area contributed by atoms with Crippen LogP contribution in [0.4, 0.5) is 17.6 Å². The predicted octanol–water partition coefficient (Wildman–Crippen LogP) is 5.86. The maximum Gasteiger partial charge on any atom is 0.433 e. The average molecular weight is 488 g/mol. The zero-order valence-corrected chi connectivity index (χ0v) is 19.9. The standard InChI is InChI=1S/C27H29F4N3O/c1-4-18-5-9-20(10-6-18)25(26(35)32-3)34-23(21-11-12-22(28)17(2)15-21)13-7-19-8-14-24(33-16-19)27(29,30)31/h5-6,8-12,14-16,23,25,34H,4,7,13H2,1-3H3,(H,32,35). The smallest absolute Gasteiger partial charge is 0.358 e. The fourth-order valence-corrected chi connectivity index (χ4v) is 3.90. The highest BCUT2D eigenvalue weighted by atomic mass is 19.4. The molecule has 2 atom stereocenters. The van der Waals surface area contributed by atoms with Gasteiger partial charge in [0.2, 0.25) is 5.91 Å². The van der Waals surface area contributed by atoms with Crippen LogP contribution in [0.15, 0.2) is 60.8 Å². The third kappa shape index (κ3) is 6.88. The van der Waals surface area contributed by atoms with E-state index in [0.29, 0.717) is 24.0 Å². The third-order valence-corrected chi connectivity index (χ3v) is 6.02. The molecule has 35 heavy (non-hydrogen) atoms. The highest BCUT2D eigenvalue weighted by Gasteiger charge is 2.32. The fraction of sp³-hybridized carbons (Fsp3) is 0.333. The van der Waals surface area contributed by atoms with E-state index in [4.69, 9.17) is 0 Å². The number of hydrogen-bond acceptors (Lipinski definition) is 3. The quantitative estimate of drug-likeness (QED) is 0.372. The molecule has 1 heterocycles. The van der Waals surface area contributed by atoms with E-state index in [2.05, 4.69) is 15.6 Å². The fourth-order valence-electron chi connectivity index (χ4n) is 3.90. The zero-order chi connectivity index (χ0) is 25.6. The molecule has 0 radical (unpaired) electrons. The lowest BCUT2D eigenvalue weighted by atomic mass is 9.95. The van der Waals surface area contributed by atoms with Crippen molar-refractivity contribution in [3.05, 3.63) is 100 Å². The molecule has 0 aliphatic heterocycles. The van der Waals surface area contributed by atoms with E-state index >= 15 is 0 Å². The molecule has 2 aromatic carbocycles. The lowest BCUT2D eigenvalue weighted by molar-refractivity contribution is -0.141. The molecule has 1 aromatic heterocycles. The highest BCUT2D eigenvalue weighted by Crippen LogP contribution is 2.29. The summed E-state index contributed by atoms with van der Waals surface area (Å²) in [6, 6.07) is 13.8. The van der Waals surface area contributed by atoms with Crippen LogP contribution < -0.4 is 10.6 Å². The van der Waals surface area contributed by atoms with Gasteiger partial charge in [-0.1, -0.05) is 49.4 Å². The monoisotopic (exact) mass is 487 g/mol. The number of halogens is 4. The number of carbonyl (C=O) groups excluding carboxylic acids is 1. The molecular weight excluding hydrogens is 458 g/mol. The number of aryl methyl sites for hydroxylation is 3. The molecule has 0 bridgehead atoms. The van der Waals surface area contributed by atoms with Crippen molar-refractivity contribution in [3.63, 3.8) is 0 Å². The molecule has 186 valence electrons. The first-order valence-electron chi connectivity index (χ1n) is 11.5. The highest BCUT2D eigenvalue weighted by molar-refractivity contribution is 5.83. The van der Waals surface area contributed by atoms with Crippen LogP contribution >= 0.6 is 0 Å². The second-order valence-electron chi connectivity index (χ2n) is 8.46. The van der Waals surface area contributed by atoms with Crippen LogP contribution in [0, 0.1) is 12.7 Å². The van der Waals surface area contributed by atoms with Gasteiger partial charge in [-0.25, -0.2) is 4.39 Å². The molecule has 0 aliphatic carbocycles. The molecule has 0 spiro atoms. The maximum absolute atomic E-state index is 13.9. The summed E-state index contributed by atoms with van der Waals surface area (Å²) in [6.45, 7) is 3.71. The summed E-state index contributed by atoms with van der Waals surface area (Å²) in [4.78, 5) is 16.3. The molecule has 0 fully saturated rings. The van der Waals surface area contributed by atoms with Crippen LogP contribution in [0.3, 0.4) is 0 Å². The number of aromatic nitrogens is 1. The Bertz CT molecular complexity index is 1130. The summed E-state index contributed by atoms with van der Waals surface area (Å²) in [7, 11) is 1.56. The van der Waals surface area contributed by atoms with Gasteiger partial charge in [-0.2, -0.15) is 13.2 Å². The Morgan fingerprint density at radius 2 is 1.66 bits per heavy atom. The van der Waals surface area contributed by atoms with Crippen LogP contribution in [-0.4, -0.2) is 17.9 Å². The van der Waals surface area contributed by atoms with Crippen molar-refractivity contribution in [2.75, 3.05) is 7.05 Å². The van der Waals surface area contributed by atoms with E-state index in [9.17, 15) is 22.4 Å². The van der Waals surface area contributed by atoms with Gasteiger partial charge in [0, 0.05) is 19.3 Å². The number of rotatable bonds is 9. The zero-order valence-electron chi connectivity index (χ0n) is 19.9. The first kappa shape index (κ1) is 26.3. The Morgan fingerprint density at radius 3 is 2.20 bits per heavy atom. The molecular formula is C27H29F4N3O. The van der Waals surface area contributed by atoms with Crippen LogP contribution in [-0.2, 0) is 23.8 Å². The SMILES string of the molecule is CCc1ccc(C(NC(CCc2ccc(C(F)(F)F)nc2)c2ccc(F)c(C)c2)C(=O)NC)cc1. The van der Waals surface area contributed by atoms with Crippen molar-refractivity contribution in [2.24, 2.45) is 0 Å². The van der Waals surface area contributed by atoms with Gasteiger partial charge < -0.3 is 5.32 Å². The van der Waals surface area contributed by atoms with Crippen molar-refractivity contribution in [1.82, 2.24) is 15.6 Å². The number of benzene rings is 2. The van der Waals surface area contributed by atoms with Crippen molar-refractivity contribution >= 4 is 5.91 Å². The number of amides is 1. The number of carbonyl (C=O) groups is 1. The molecule has 0 saturated carbocycles. The van der Waals surface area contributed by atoms with Gasteiger partial charge in [0.05, 0.1) is 0 Å². The van der Waals surface area contributed by atoms with Crippen LogP contribution in [0.5, 0.6) is 0 Å². The summed E-state index contributed by atoms with van der Waals surface area (Å²) >= 11 is 0. The first-order chi connectivity index (χ1) is 16.6. The van der Waals surface area contributed by atoms with Gasteiger partial charge in [0.25, 0.3) is 0 Å². The Morgan fingerprint density at radius 1 is 1.00 bits per heavy atom. The number of alkyl halides is 3. The Balaban J connectivity index is 1.89. The normalized spacial score (nSPS) is 13.3. The van der Waals surface area contributed by atoms with E-state index in [1.54, 1.807) is 26.1 Å². The molecule has 3 rings (SSSR count). The van der Waals surface area contributed by atoms with Crippen molar-refractivity contribution in [1.29, 1.82) is 0 Å². The summed E-state index contributed by atoms with van der Waals surface area (Å²) in [6.07, 6.45) is -1.54. The van der Waals surface area contributed by atoms with Gasteiger partial charge >= 0.3 is 6.18 Å². The topological polar surface area (TPSA) is 54.0 Å². The number of likely N-dealkylation sites (N-methyl/N-ethyl adjacent to an activating group) is 1. The lowest BCUT2D eigenvalue weighted by Crippen LogP contribution is -2.38. The van der Waals surface area contributed by atoms with Crippen LogP contribution in [0.25, 0.3) is 0 Å². The average Bonchev–Trinajstić information content (AvgIpc) is 2.85. The van der Waals surface area contributed by atoms with E-state index in [-0.39, 0.29) is 17.8 Å². The third-order valence-electron chi connectivity index (χ3n) is 6.02. The van der Waals surface area contributed by atoms with Crippen molar-refractivity contribution in [2.45, 2.75) is 51.4 Å². The van der Waals surface area contributed by atoms with Gasteiger partial charge in [0.1, 0.15) is 17.6 Å². The minimum Gasteiger partial charge on any atom is -0.358 e. The van der Waals surface area contributed by atoms with Crippen LogP contribution in [0.2, 0.25) is 0 Å². The largest absolute Gasteiger partial charge is 0.433 e. The number of nitrogens with zero attached hydrogens (tertiary/aromatic N) is 1. The summed E-state index contributed by atoms with van der Waals surface area (Å²) in [5.74, 6) is -0.563.